The van der Waals surface area contributed by atoms with Crippen molar-refractivity contribution in [3.63, 3.8) is 0 Å². The number of carbonyl (C=O) groups excluding carboxylic acids is 1. The zero-order valence-corrected chi connectivity index (χ0v) is 11.2. The van der Waals surface area contributed by atoms with E-state index < -0.39 is 5.97 Å². The second kappa shape index (κ2) is 4.85. The summed E-state index contributed by atoms with van der Waals surface area (Å²) in [7, 11) is 0. The van der Waals surface area contributed by atoms with Crippen molar-refractivity contribution in [3.05, 3.63) is 41.8 Å². The van der Waals surface area contributed by atoms with E-state index in [4.69, 9.17) is 13.6 Å². The van der Waals surface area contributed by atoms with Crippen molar-refractivity contribution in [2.45, 2.75) is 13.8 Å². The zero-order valence-electron chi connectivity index (χ0n) is 11.2. The Bertz CT molecular complexity index is 736. The fraction of sp³-hybridized carbons (Fsp3) is 0.200. The Balaban J connectivity index is 2.02. The van der Waals surface area contributed by atoms with Crippen molar-refractivity contribution in [3.8, 4) is 11.7 Å². The summed E-state index contributed by atoms with van der Waals surface area (Å²) in [6, 6.07) is 9.44. The summed E-state index contributed by atoms with van der Waals surface area (Å²) in [5, 5.41) is 0.955. The number of esters is 1. The Morgan fingerprint density at radius 1 is 1.30 bits per heavy atom. The molecule has 3 aromatic rings. The largest absolute Gasteiger partial charge is 0.461 e. The highest BCUT2D eigenvalue weighted by Gasteiger charge is 2.20. The molecule has 0 N–H and O–H groups in total. The molecule has 0 unspecified atom stereocenters. The van der Waals surface area contributed by atoms with E-state index in [0.29, 0.717) is 18.1 Å². The number of furan rings is 1. The minimum atomic E-state index is -0.490. The molecule has 0 aliphatic heterocycles. The van der Waals surface area contributed by atoms with Crippen LogP contribution in [0.3, 0.4) is 0 Å². The van der Waals surface area contributed by atoms with Gasteiger partial charge in [-0.2, -0.15) is 4.98 Å². The van der Waals surface area contributed by atoms with Gasteiger partial charge >= 0.3 is 5.97 Å². The van der Waals surface area contributed by atoms with Gasteiger partial charge in [-0.3, -0.25) is 0 Å². The average Bonchev–Trinajstić information content (AvgIpc) is 3.02. The van der Waals surface area contributed by atoms with Crippen LogP contribution in [0.5, 0.6) is 0 Å². The summed E-state index contributed by atoms with van der Waals surface area (Å²) in [4.78, 5) is 15.9. The molecule has 0 aliphatic rings. The molecule has 20 heavy (non-hydrogen) atoms. The molecule has 0 saturated carbocycles. The molecule has 5 nitrogen and oxygen atoms in total. The van der Waals surface area contributed by atoms with Gasteiger partial charge in [0.1, 0.15) is 11.3 Å². The first-order chi connectivity index (χ1) is 9.69. The molecule has 0 aliphatic carbocycles. The van der Waals surface area contributed by atoms with Gasteiger partial charge in [-0.05, 0) is 26.0 Å². The van der Waals surface area contributed by atoms with Crippen molar-refractivity contribution in [1.29, 1.82) is 0 Å². The highest BCUT2D eigenvalue weighted by Crippen LogP contribution is 2.28. The number of carbonyl (C=O) groups is 1. The van der Waals surface area contributed by atoms with E-state index in [2.05, 4.69) is 4.98 Å². The lowest BCUT2D eigenvalue weighted by molar-refractivity contribution is 0.0518. The zero-order chi connectivity index (χ0) is 14.1. The molecule has 0 bridgehead atoms. The maximum atomic E-state index is 11.7. The molecule has 0 atom stereocenters. The van der Waals surface area contributed by atoms with Gasteiger partial charge in [-0.25, -0.2) is 4.79 Å². The van der Waals surface area contributed by atoms with Crippen molar-refractivity contribution in [1.82, 2.24) is 4.98 Å². The van der Waals surface area contributed by atoms with Gasteiger partial charge in [0.25, 0.3) is 5.89 Å². The third-order valence-corrected chi connectivity index (χ3v) is 2.90. The van der Waals surface area contributed by atoms with Crippen LogP contribution in [0.2, 0.25) is 0 Å². The minimum absolute atomic E-state index is 0.183. The number of hydrogen-bond acceptors (Lipinski definition) is 5. The van der Waals surface area contributed by atoms with Crippen LogP contribution in [0, 0.1) is 6.92 Å². The number of fused-ring (bicyclic) bond motifs is 1. The quantitative estimate of drug-likeness (QED) is 0.681. The number of ether oxygens (including phenoxy) is 1. The van der Waals surface area contributed by atoms with E-state index in [0.717, 1.165) is 11.0 Å². The monoisotopic (exact) mass is 271 g/mol. The maximum absolute atomic E-state index is 11.7. The first-order valence-electron chi connectivity index (χ1n) is 6.32. The normalized spacial score (nSPS) is 10.9. The topological polar surface area (TPSA) is 65.5 Å². The smallest absolute Gasteiger partial charge is 0.360 e. The number of benzene rings is 1. The molecule has 2 aromatic heterocycles. The number of rotatable bonds is 3. The van der Waals surface area contributed by atoms with Crippen LogP contribution in [0.1, 0.15) is 23.2 Å². The van der Waals surface area contributed by atoms with E-state index in [9.17, 15) is 4.79 Å². The second-order valence-electron chi connectivity index (χ2n) is 4.29. The third kappa shape index (κ3) is 2.07. The lowest BCUT2D eigenvalue weighted by Crippen LogP contribution is -2.06. The lowest BCUT2D eigenvalue weighted by atomic mass is 10.2. The van der Waals surface area contributed by atoms with E-state index >= 15 is 0 Å². The average molecular weight is 271 g/mol. The van der Waals surface area contributed by atoms with Gasteiger partial charge in [0.05, 0.1) is 6.61 Å². The molecule has 2 heterocycles. The summed E-state index contributed by atoms with van der Waals surface area (Å²) in [6.45, 7) is 3.71. The van der Waals surface area contributed by atoms with Gasteiger partial charge in [0.2, 0.25) is 0 Å². The van der Waals surface area contributed by atoms with E-state index in [1.54, 1.807) is 13.8 Å². The summed E-state index contributed by atoms with van der Waals surface area (Å²) in [6.07, 6.45) is 0. The minimum Gasteiger partial charge on any atom is -0.461 e. The fourth-order valence-electron chi connectivity index (χ4n) is 1.98. The standard InChI is InChI=1S/C15H13NO4/c1-3-18-15(17)13-9(2)19-14(16-13)12-8-10-6-4-5-7-11(10)20-12/h4-8H,3H2,1-2H3. The number of hydrogen-bond donors (Lipinski definition) is 0. The Hall–Kier alpha value is -2.56. The van der Waals surface area contributed by atoms with E-state index in [-0.39, 0.29) is 11.6 Å². The van der Waals surface area contributed by atoms with E-state index in [1.807, 2.05) is 30.3 Å². The highest BCUT2D eigenvalue weighted by atomic mass is 16.5. The number of oxazole rings is 1. The van der Waals surface area contributed by atoms with Crippen LogP contribution in [-0.2, 0) is 4.74 Å². The number of aryl methyl sites for hydroxylation is 1. The molecule has 1 aromatic carbocycles. The van der Waals surface area contributed by atoms with Crippen molar-refractivity contribution < 1.29 is 18.4 Å². The Morgan fingerprint density at radius 2 is 2.10 bits per heavy atom. The van der Waals surface area contributed by atoms with Gasteiger partial charge in [0, 0.05) is 5.39 Å². The predicted molar refractivity (Wildman–Crippen MR) is 72.4 cm³/mol. The van der Waals surface area contributed by atoms with Crippen molar-refractivity contribution >= 4 is 16.9 Å². The SMILES string of the molecule is CCOC(=O)c1nc(-c2cc3ccccc3o2)oc1C. The number of nitrogens with zero attached hydrogens (tertiary/aromatic N) is 1. The summed E-state index contributed by atoms with van der Waals surface area (Å²) < 4.78 is 16.1. The van der Waals surface area contributed by atoms with Gasteiger partial charge in [0.15, 0.2) is 11.5 Å². The Morgan fingerprint density at radius 3 is 2.85 bits per heavy atom. The molecule has 3 rings (SSSR count). The molecule has 0 spiro atoms. The van der Waals surface area contributed by atoms with Crippen molar-refractivity contribution in [2.24, 2.45) is 0 Å². The first-order valence-corrected chi connectivity index (χ1v) is 6.32. The molecule has 0 saturated heterocycles. The van der Waals surface area contributed by atoms with Gasteiger partial charge in [-0.15, -0.1) is 0 Å². The van der Waals surface area contributed by atoms with Crippen LogP contribution in [0.15, 0.2) is 39.2 Å². The van der Waals surface area contributed by atoms with Gasteiger partial charge in [-0.1, -0.05) is 18.2 Å². The van der Waals surface area contributed by atoms with Crippen molar-refractivity contribution in [2.75, 3.05) is 6.61 Å². The van der Waals surface area contributed by atoms with E-state index in [1.165, 1.54) is 0 Å². The molecule has 0 amide bonds. The summed E-state index contributed by atoms with van der Waals surface area (Å²) >= 11 is 0. The Kier molecular flexibility index (Phi) is 3.02. The molecule has 5 heteroatoms. The Labute approximate surface area is 115 Å². The van der Waals surface area contributed by atoms with Crippen LogP contribution in [0.25, 0.3) is 22.6 Å². The third-order valence-electron chi connectivity index (χ3n) is 2.90. The van der Waals surface area contributed by atoms with Crippen LogP contribution >= 0.6 is 0 Å². The molecule has 102 valence electrons. The number of aromatic nitrogens is 1. The highest BCUT2D eigenvalue weighted by molar-refractivity contribution is 5.89. The predicted octanol–water partition coefficient (Wildman–Crippen LogP) is 3.57. The first kappa shape index (κ1) is 12.5. The maximum Gasteiger partial charge on any atom is 0.360 e. The van der Waals surface area contributed by atoms with Gasteiger partial charge < -0.3 is 13.6 Å². The van der Waals surface area contributed by atoms with Crippen LogP contribution in [-0.4, -0.2) is 17.6 Å². The molecular weight excluding hydrogens is 258 g/mol. The van der Waals surface area contributed by atoms with Crippen LogP contribution < -0.4 is 0 Å². The second-order valence-corrected chi connectivity index (χ2v) is 4.29. The fourth-order valence-corrected chi connectivity index (χ4v) is 1.98. The lowest BCUT2D eigenvalue weighted by Gasteiger charge is -1.96. The number of para-hydroxylation sites is 1. The molecule has 0 fully saturated rings. The van der Waals surface area contributed by atoms with Crippen LogP contribution in [0.4, 0.5) is 0 Å². The summed E-state index contributed by atoms with van der Waals surface area (Å²) in [5.74, 6) is 0.696. The molecular formula is C15H13NO4. The molecule has 0 radical (unpaired) electrons. The summed E-state index contributed by atoms with van der Waals surface area (Å²) in [5.41, 5.74) is 0.929.